The Labute approximate surface area is 118 Å². The highest BCUT2D eigenvalue weighted by Crippen LogP contribution is 2.39. The molecule has 0 aliphatic carbocycles. The number of ether oxygens (including phenoxy) is 2. The monoisotopic (exact) mass is 290 g/mol. The zero-order valence-electron chi connectivity index (χ0n) is 10.7. The molecule has 0 saturated carbocycles. The minimum absolute atomic E-state index is 0.0305. The van der Waals surface area contributed by atoms with Gasteiger partial charge in [0.1, 0.15) is 25.2 Å². The fourth-order valence-corrected chi connectivity index (χ4v) is 1.89. The third-order valence-electron chi connectivity index (χ3n) is 2.84. The lowest BCUT2D eigenvalue weighted by atomic mass is 10.2. The summed E-state index contributed by atoms with van der Waals surface area (Å²) in [5, 5.41) is 13.6. The molecule has 3 rings (SSSR count). The number of nitro benzene ring substituents is 1. The molecular formula is C12H10N4O5. The summed E-state index contributed by atoms with van der Waals surface area (Å²) in [5.74, 6) is 0.640. The number of hydrogen-bond acceptors (Lipinski definition) is 6. The first-order valence-corrected chi connectivity index (χ1v) is 6.02. The Kier molecular flexibility index (Phi) is 3.14. The van der Waals surface area contributed by atoms with E-state index in [9.17, 15) is 14.9 Å². The van der Waals surface area contributed by atoms with Gasteiger partial charge < -0.3 is 14.8 Å². The number of benzene rings is 1. The smallest absolute Gasteiger partial charge is 0.331 e. The molecule has 0 fully saturated rings. The predicted octanol–water partition coefficient (Wildman–Crippen LogP) is 1.64. The van der Waals surface area contributed by atoms with Crippen molar-refractivity contribution in [2.24, 2.45) is 0 Å². The fourth-order valence-electron chi connectivity index (χ4n) is 1.89. The number of nitrogens with zero attached hydrogens (tertiary/aromatic N) is 3. The SMILES string of the molecule is O=C(Nc1cc2c(cc1[N+](=O)[O-])OCCO2)n1ccnc1. The van der Waals surface area contributed by atoms with Crippen LogP contribution in [-0.2, 0) is 0 Å². The number of imidazole rings is 1. The van der Waals surface area contributed by atoms with Crippen molar-refractivity contribution in [3.63, 3.8) is 0 Å². The lowest BCUT2D eigenvalue weighted by Crippen LogP contribution is -2.20. The molecule has 2 aromatic rings. The number of fused-ring (bicyclic) bond motifs is 1. The average molecular weight is 290 g/mol. The van der Waals surface area contributed by atoms with Gasteiger partial charge in [-0.25, -0.2) is 9.78 Å². The zero-order chi connectivity index (χ0) is 14.8. The van der Waals surface area contributed by atoms with Crippen LogP contribution in [0.15, 0.2) is 30.9 Å². The number of aromatic nitrogens is 2. The van der Waals surface area contributed by atoms with Crippen molar-refractivity contribution in [2.75, 3.05) is 18.5 Å². The molecule has 1 amide bonds. The van der Waals surface area contributed by atoms with Crippen LogP contribution in [0.4, 0.5) is 16.2 Å². The maximum absolute atomic E-state index is 11.9. The number of nitro groups is 1. The number of hydrogen-bond donors (Lipinski definition) is 1. The highest BCUT2D eigenvalue weighted by Gasteiger charge is 2.23. The van der Waals surface area contributed by atoms with Gasteiger partial charge in [-0.2, -0.15) is 0 Å². The van der Waals surface area contributed by atoms with Crippen molar-refractivity contribution < 1.29 is 19.2 Å². The summed E-state index contributed by atoms with van der Waals surface area (Å²) in [4.78, 5) is 26.2. The number of nitrogens with one attached hydrogen (secondary N) is 1. The van der Waals surface area contributed by atoms with E-state index in [2.05, 4.69) is 10.3 Å². The summed E-state index contributed by atoms with van der Waals surface area (Å²) in [5.41, 5.74) is -0.240. The molecule has 1 aliphatic heterocycles. The lowest BCUT2D eigenvalue weighted by Gasteiger charge is -2.19. The molecule has 21 heavy (non-hydrogen) atoms. The van der Waals surface area contributed by atoms with Crippen molar-refractivity contribution in [2.45, 2.75) is 0 Å². The predicted molar refractivity (Wildman–Crippen MR) is 70.7 cm³/mol. The molecule has 0 unspecified atom stereocenters. The quantitative estimate of drug-likeness (QED) is 0.665. The Morgan fingerprint density at radius 2 is 2.05 bits per heavy atom. The molecule has 0 saturated heterocycles. The van der Waals surface area contributed by atoms with Gasteiger partial charge in [0.2, 0.25) is 0 Å². The Hall–Kier alpha value is -3.10. The first-order chi connectivity index (χ1) is 10.1. The first-order valence-electron chi connectivity index (χ1n) is 6.02. The number of amides is 1. The van der Waals surface area contributed by atoms with Gasteiger partial charge in [0.25, 0.3) is 5.69 Å². The molecule has 0 atom stereocenters. The van der Waals surface area contributed by atoms with E-state index >= 15 is 0 Å². The molecular weight excluding hydrogens is 280 g/mol. The standard InChI is InChI=1S/C12H10N4O5/c17-12(15-2-1-13-7-15)14-8-5-10-11(21-4-3-20-10)6-9(8)16(18)19/h1-2,5-7H,3-4H2,(H,14,17). The van der Waals surface area contributed by atoms with E-state index < -0.39 is 11.0 Å². The van der Waals surface area contributed by atoms with Crippen LogP contribution in [0, 0.1) is 10.1 Å². The first kappa shape index (κ1) is 12.9. The second kappa shape index (κ2) is 5.12. The van der Waals surface area contributed by atoms with Gasteiger partial charge in [-0.3, -0.25) is 14.7 Å². The molecule has 1 aromatic heterocycles. The van der Waals surface area contributed by atoms with Crippen molar-refractivity contribution in [1.29, 1.82) is 0 Å². The Bertz CT molecular complexity index is 698. The highest BCUT2D eigenvalue weighted by molar-refractivity contribution is 5.93. The highest BCUT2D eigenvalue weighted by atomic mass is 16.6. The molecule has 9 heteroatoms. The average Bonchev–Trinajstić information content (AvgIpc) is 3.00. The van der Waals surface area contributed by atoms with Gasteiger partial charge in [-0.1, -0.05) is 0 Å². The number of carbonyl (C=O) groups excluding carboxylic acids is 1. The van der Waals surface area contributed by atoms with Gasteiger partial charge in [-0.15, -0.1) is 0 Å². The van der Waals surface area contributed by atoms with Crippen LogP contribution in [0.25, 0.3) is 0 Å². The molecule has 2 heterocycles. The van der Waals surface area contributed by atoms with Gasteiger partial charge in [0.15, 0.2) is 11.5 Å². The Morgan fingerprint density at radius 1 is 1.33 bits per heavy atom. The van der Waals surface area contributed by atoms with Crippen LogP contribution < -0.4 is 14.8 Å². The molecule has 1 aliphatic rings. The summed E-state index contributed by atoms with van der Waals surface area (Å²) >= 11 is 0. The van der Waals surface area contributed by atoms with Gasteiger partial charge in [0.05, 0.1) is 11.0 Å². The Balaban J connectivity index is 1.96. The zero-order valence-corrected chi connectivity index (χ0v) is 10.7. The maximum atomic E-state index is 11.9. The second-order valence-corrected chi connectivity index (χ2v) is 4.17. The van der Waals surface area contributed by atoms with Crippen molar-refractivity contribution >= 4 is 17.4 Å². The largest absolute Gasteiger partial charge is 0.486 e. The topological polar surface area (TPSA) is 109 Å². The summed E-state index contributed by atoms with van der Waals surface area (Å²) < 4.78 is 11.8. The molecule has 108 valence electrons. The Morgan fingerprint density at radius 3 is 2.67 bits per heavy atom. The summed E-state index contributed by atoms with van der Waals surface area (Å²) in [7, 11) is 0. The van der Waals surface area contributed by atoms with Gasteiger partial charge in [-0.05, 0) is 0 Å². The van der Waals surface area contributed by atoms with Crippen molar-refractivity contribution in [3.05, 3.63) is 41.0 Å². The van der Waals surface area contributed by atoms with Gasteiger partial charge >= 0.3 is 6.03 Å². The summed E-state index contributed by atoms with van der Waals surface area (Å²) in [6, 6.07) is 2.05. The summed E-state index contributed by atoms with van der Waals surface area (Å²) in [6.07, 6.45) is 4.15. The van der Waals surface area contributed by atoms with Crippen LogP contribution in [0.1, 0.15) is 0 Å². The lowest BCUT2D eigenvalue weighted by molar-refractivity contribution is -0.384. The minimum atomic E-state index is -0.595. The minimum Gasteiger partial charge on any atom is -0.486 e. The third kappa shape index (κ3) is 2.48. The molecule has 1 N–H and O–H groups in total. The van der Waals surface area contributed by atoms with E-state index in [1.807, 2.05) is 0 Å². The normalized spacial score (nSPS) is 12.8. The van der Waals surface area contributed by atoms with E-state index in [4.69, 9.17) is 9.47 Å². The maximum Gasteiger partial charge on any atom is 0.331 e. The van der Waals surface area contributed by atoms with Crippen LogP contribution in [0.2, 0.25) is 0 Å². The number of carbonyl (C=O) groups is 1. The fraction of sp³-hybridized carbons (Fsp3) is 0.167. The van der Waals surface area contributed by atoms with E-state index in [0.717, 1.165) is 0 Å². The molecule has 9 nitrogen and oxygen atoms in total. The third-order valence-corrected chi connectivity index (χ3v) is 2.84. The van der Waals surface area contributed by atoms with Crippen molar-refractivity contribution in [3.8, 4) is 11.5 Å². The van der Waals surface area contributed by atoms with E-state index in [0.29, 0.717) is 19.0 Å². The second-order valence-electron chi connectivity index (χ2n) is 4.17. The summed E-state index contributed by atoms with van der Waals surface area (Å²) in [6.45, 7) is 0.671. The molecule has 0 radical (unpaired) electrons. The van der Waals surface area contributed by atoms with Crippen LogP contribution in [0.3, 0.4) is 0 Å². The van der Waals surface area contributed by atoms with E-state index in [1.165, 1.54) is 35.4 Å². The van der Waals surface area contributed by atoms with Crippen LogP contribution in [0.5, 0.6) is 11.5 Å². The van der Waals surface area contributed by atoms with E-state index in [-0.39, 0.29) is 17.1 Å². The number of rotatable bonds is 2. The van der Waals surface area contributed by atoms with Gasteiger partial charge in [0, 0.05) is 18.5 Å². The molecule has 1 aromatic carbocycles. The van der Waals surface area contributed by atoms with Crippen molar-refractivity contribution in [1.82, 2.24) is 9.55 Å². The van der Waals surface area contributed by atoms with E-state index in [1.54, 1.807) is 0 Å². The molecule has 0 bridgehead atoms. The molecule has 0 spiro atoms. The number of anilines is 1. The van der Waals surface area contributed by atoms with Crippen LogP contribution >= 0.6 is 0 Å². The van der Waals surface area contributed by atoms with Crippen LogP contribution in [-0.4, -0.2) is 33.7 Å².